The van der Waals surface area contributed by atoms with E-state index < -0.39 is 0 Å². The van der Waals surface area contributed by atoms with Crippen LogP contribution in [0.2, 0.25) is 0 Å². The van der Waals surface area contributed by atoms with Crippen LogP contribution in [-0.4, -0.2) is 0 Å². The molecule has 0 unspecified atom stereocenters. The smallest absolute Gasteiger partial charge is 0.0159 e. The molecular weight excluding hydrogens is 661 g/mol. The lowest BCUT2D eigenvalue weighted by Crippen LogP contribution is -2.14. The monoisotopic (exact) mass is 698 g/mol. The molecule has 0 heteroatoms. The minimum Gasteiger partial charge on any atom is -0.0616 e. The fraction of sp³-hybridized carbons (Fsp3) is 0.0545. The SMILES string of the molecule is CC1(C)c2cc3ccccc3cc2-c2c(-c3ccc(-c4c5ccccc5c(-c5ccccc5-c5cccc6ccccc56)c5ccccc45)cc3)cccc21. The number of hydrogen-bond donors (Lipinski definition) is 0. The molecule has 0 fully saturated rings. The fourth-order valence-corrected chi connectivity index (χ4v) is 9.66. The van der Waals surface area contributed by atoms with Crippen LogP contribution in [0.3, 0.4) is 0 Å². The van der Waals surface area contributed by atoms with Crippen molar-refractivity contribution in [3.8, 4) is 55.6 Å². The fourth-order valence-electron chi connectivity index (χ4n) is 9.66. The van der Waals surface area contributed by atoms with Crippen LogP contribution in [0.5, 0.6) is 0 Å². The van der Waals surface area contributed by atoms with Crippen molar-refractivity contribution in [2.45, 2.75) is 19.3 Å². The maximum absolute atomic E-state index is 2.41. The van der Waals surface area contributed by atoms with Crippen LogP contribution in [0, 0.1) is 0 Å². The molecule has 0 saturated carbocycles. The second-order valence-corrected chi connectivity index (χ2v) is 15.6. The summed E-state index contributed by atoms with van der Waals surface area (Å²) in [5.74, 6) is 0. The average Bonchev–Trinajstić information content (AvgIpc) is 3.46. The van der Waals surface area contributed by atoms with E-state index in [9.17, 15) is 0 Å². The Labute approximate surface area is 322 Å². The molecule has 0 nitrogen and oxygen atoms in total. The summed E-state index contributed by atoms with van der Waals surface area (Å²) in [6.07, 6.45) is 0. The third kappa shape index (κ3) is 4.78. The Morgan fingerprint density at radius 2 is 0.745 bits per heavy atom. The van der Waals surface area contributed by atoms with Gasteiger partial charge in [-0.2, -0.15) is 0 Å². The summed E-state index contributed by atoms with van der Waals surface area (Å²) >= 11 is 0. The standard InChI is InChI=1S/C55H38/c1-55(2)50-28-14-26-41(54(50)49-33-38-16-3-4-17-39(38)34-51(49)55)36-29-31-37(32-30-36)52-45-22-9-11-24-47(45)53(48-25-12-10-23-46(48)52)44-21-8-7-20-43(44)42-27-13-18-35-15-5-6-19-40(35)42/h3-34H,1-2H3. The van der Waals surface area contributed by atoms with Crippen molar-refractivity contribution < 1.29 is 0 Å². The van der Waals surface area contributed by atoms with Gasteiger partial charge in [-0.1, -0.05) is 196 Å². The predicted molar refractivity (Wildman–Crippen MR) is 236 cm³/mol. The van der Waals surface area contributed by atoms with E-state index in [-0.39, 0.29) is 5.41 Å². The molecule has 258 valence electrons. The first kappa shape index (κ1) is 31.7. The summed E-state index contributed by atoms with van der Waals surface area (Å²) < 4.78 is 0. The van der Waals surface area contributed by atoms with Crippen molar-refractivity contribution in [1.82, 2.24) is 0 Å². The minimum atomic E-state index is -0.0730. The molecule has 0 saturated heterocycles. The molecule has 0 heterocycles. The zero-order chi connectivity index (χ0) is 36.7. The van der Waals surface area contributed by atoms with Gasteiger partial charge in [0.2, 0.25) is 0 Å². The molecule has 0 aromatic heterocycles. The van der Waals surface area contributed by atoms with E-state index in [0.29, 0.717) is 0 Å². The highest BCUT2D eigenvalue weighted by molar-refractivity contribution is 6.23. The Morgan fingerprint density at radius 3 is 1.44 bits per heavy atom. The van der Waals surface area contributed by atoms with Crippen LogP contribution in [0.1, 0.15) is 25.0 Å². The summed E-state index contributed by atoms with van der Waals surface area (Å²) in [7, 11) is 0. The highest BCUT2D eigenvalue weighted by atomic mass is 14.4. The van der Waals surface area contributed by atoms with Crippen LogP contribution in [-0.2, 0) is 5.41 Å². The van der Waals surface area contributed by atoms with Crippen molar-refractivity contribution in [1.29, 1.82) is 0 Å². The van der Waals surface area contributed by atoms with E-state index in [1.54, 1.807) is 0 Å². The molecule has 10 aromatic carbocycles. The first-order valence-corrected chi connectivity index (χ1v) is 19.4. The second kappa shape index (κ2) is 12.1. The first-order valence-electron chi connectivity index (χ1n) is 19.4. The Balaban J connectivity index is 1.10. The van der Waals surface area contributed by atoms with Gasteiger partial charge >= 0.3 is 0 Å². The summed E-state index contributed by atoms with van der Waals surface area (Å²) in [5, 5.41) is 10.2. The third-order valence-corrected chi connectivity index (χ3v) is 12.3. The van der Waals surface area contributed by atoms with Crippen LogP contribution in [0.25, 0.3) is 98.7 Å². The van der Waals surface area contributed by atoms with Crippen molar-refractivity contribution in [2.75, 3.05) is 0 Å². The van der Waals surface area contributed by atoms with Gasteiger partial charge in [0.25, 0.3) is 0 Å². The molecule has 0 amide bonds. The summed E-state index contributed by atoms with van der Waals surface area (Å²) in [6, 6.07) is 72.1. The quantitative estimate of drug-likeness (QED) is 0.161. The molecule has 11 rings (SSSR count). The van der Waals surface area contributed by atoms with Gasteiger partial charge < -0.3 is 0 Å². The molecule has 0 bridgehead atoms. The van der Waals surface area contributed by atoms with Gasteiger partial charge in [-0.05, 0) is 122 Å². The van der Waals surface area contributed by atoms with Crippen LogP contribution in [0.4, 0.5) is 0 Å². The average molecular weight is 699 g/mol. The largest absolute Gasteiger partial charge is 0.0616 e. The Hall–Kier alpha value is -6.76. The van der Waals surface area contributed by atoms with Gasteiger partial charge in [0, 0.05) is 5.41 Å². The summed E-state index contributed by atoms with van der Waals surface area (Å²) in [5.41, 5.74) is 15.5. The predicted octanol–water partition coefficient (Wildman–Crippen LogP) is 15.3. The second-order valence-electron chi connectivity index (χ2n) is 15.6. The van der Waals surface area contributed by atoms with Crippen molar-refractivity contribution in [3.05, 3.63) is 205 Å². The Kier molecular flexibility index (Phi) is 7.00. The minimum absolute atomic E-state index is 0.0730. The maximum Gasteiger partial charge on any atom is 0.0159 e. The highest BCUT2D eigenvalue weighted by Crippen LogP contribution is 2.53. The van der Waals surface area contributed by atoms with Gasteiger partial charge in [-0.3, -0.25) is 0 Å². The topological polar surface area (TPSA) is 0 Å². The third-order valence-electron chi connectivity index (χ3n) is 12.3. The van der Waals surface area contributed by atoms with Crippen LogP contribution >= 0.6 is 0 Å². The van der Waals surface area contributed by atoms with Crippen molar-refractivity contribution in [2.24, 2.45) is 0 Å². The van der Waals surface area contributed by atoms with Gasteiger partial charge in [-0.15, -0.1) is 0 Å². The molecule has 1 aliphatic carbocycles. The molecule has 0 radical (unpaired) electrons. The van der Waals surface area contributed by atoms with Crippen LogP contribution < -0.4 is 0 Å². The van der Waals surface area contributed by atoms with Crippen molar-refractivity contribution >= 4 is 43.1 Å². The Bertz CT molecular complexity index is 3100. The lowest BCUT2D eigenvalue weighted by Gasteiger charge is -2.22. The van der Waals surface area contributed by atoms with Gasteiger partial charge in [0.05, 0.1) is 0 Å². The molecule has 0 spiro atoms. The van der Waals surface area contributed by atoms with Gasteiger partial charge in [0.1, 0.15) is 0 Å². The van der Waals surface area contributed by atoms with Gasteiger partial charge in [-0.25, -0.2) is 0 Å². The molecule has 0 N–H and O–H groups in total. The molecule has 10 aromatic rings. The molecule has 0 atom stereocenters. The highest BCUT2D eigenvalue weighted by Gasteiger charge is 2.37. The number of rotatable bonds is 4. The van der Waals surface area contributed by atoms with E-state index in [0.717, 1.165) is 0 Å². The van der Waals surface area contributed by atoms with E-state index in [1.807, 2.05) is 0 Å². The lowest BCUT2D eigenvalue weighted by molar-refractivity contribution is 0.661. The van der Waals surface area contributed by atoms with E-state index in [4.69, 9.17) is 0 Å². The maximum atomic E-state index is 2.41. The molecular formula is C55H38. The molecule has 55 heavy (non-hydrogen) atoms. The Morgan fingerprint density at radius 1 is 0.273 bits per heavy atom. The normalized spacial score (nSPS) is 13.1. The van der Waals surface area contributed by atoms with Crippen molar-refractivity contribution in [3.63, 3.8) is 0 Å². The lowest BCUT2D eigenvalue weighted by atomic mass is 9.81. The summed E-state index contributed by atoms with van der Waals surface area (Å²) in [6.45, 7) is 4.75. The van der Waals surface area contributed by atoms with E-state index >= 15 is 0 Å². The van der Waals surface area contributed by atoms with E-state index in [1.165, 1.54) is 110 Å². The number of fused-ring (bicyclic) bond motifs is 7. The molecule has 1 aliphatic rings. The number of benzene rings is 10. The zero-order valence-corrected chi connectivity index (χ0v) is 31.0. The first-order chi connectivity index (χ1) is 27.1. The summed E-state index contributed by atoms with van der Waals surface area (Å²) in [4.78, 5) is 0. The zero-order valence-electron chi connectivity index (χ0n) is 31.0. The van der Waals surface area contributed by atoms with Gasteiger partial charge in [0.15, 0.2) is 0 Å². The van der Waals surface area contributed by atoms with Crippen LogP contribution in [0.15, 0.2) is 194 Å². The molecule has 0 aliphatic heterocycles. The van der Waals surface area contributed by atoms with E-state index in [2.05, 4.69) is 208 Å². The number of hydrogen-bond acceptors (Lipinski definition) is 0.